The van der Waals surface area contributed by atoms with E-state index in [4.69, 9.17) is 4.74 Å². The summed E-state index contributed by atoms with van der Waals surface area (Å²) in [6, 6.07) is 0. The fourth-order valence-electron chi connectivity index (χ4n) is 6.57. The Bertz CT molecular complexity index is 528. The summed E-state index contributed by atoms with van der Waals surface area (Å²) in [7, 11) is 0. The summed E-state index contributed by atoms with van der Waals surface area (Å²) in [5.41, 5.74) is 1.58. The number of ether oxygens (including phenoxy) is 1. The Morgan fingerprint density at radius 3 is 2.83 bits per heavy atom. The number of alkyl halides is 1. The maximum atomic E-state index is 13.7. The van der Waals surface area contributed by atoms with Gasteiger partial charge in [0.1, 0.15) is 12.3 Å². The van der Waals surface area contributed by atoms with Gasteiger partial charge in [0.05, 0.1) is 0 Å². The van der Waals surface area contributed by atoms with Gasteiger partial charge in [0, 0.05) is 12.3 Å². The lowest BCUT2D eigenvalue weighted by atomic mass is 9.53. The van der Waals surface area contributed by atoms with Crippen molar-refractivity contribution in [1.82, 2.24) is 0 Å². The summed E-state index contributed by atoms with van der Waals surface area (Å²) in [4.78, 5) is 11.5. The van der Waals surface area contributed by atoms with Crippen LogP contribution in [0.2, 0.25) is 0 Å². The summed E-state index contributed by atoms with van der Waals surface area (Å²) in [5.74, 6) is 2.64. The van der Waals surface area contributed by atoms with Crippen LogP contribution >= 0.6 is 0 Å². The van der Waals surface area contributed by atoms with E-state index in [1.807, 2.05) is 0 Å². The normalized spacial score (nSPS) is 48.7. The van der Waals surface area contributed by atoms with Crippen molar-refractivity contribution in [3.8, 4) is 0 Å². The van der Waals surface area contributed by atoms with E-state index in [1.165, 1.54) is 31.8 Å². The molecule has 23 heavy (non-hydrogen) atoms. The van der Waals surface area contributed by atoms with Crippen LogP contribution in [0.15, 0.2) is 11.6 Å². The molecule has 3 fully saturated rings. The molecule has 0 bridgehead atoms. The van der Waals surface area contributed by atoms with Crippen LogP contribution in [0.4, 0.5) is 4.39 Å². The molecule has 0 aromatic carbocycles. The summed E-state index contributed by atoms with van der Waals surface area (Å²) in [6.07, 6.45) is 10.1. The molecule has 0 aromatic rings. The Hall–Kier alpha value is -0.860. The van der Waals surface area contributed by atoms with Crippen molar-refractivity contribution in [2.24, 2.45) is 29.1 Å². The van der Waals surface area contributed by atoms with E-state index < -0.39 is 6.17 Å². The number of halogens is 1. The molecule has 4 aliphatic carbocycles. The fourth-order valence-corrected chi connectivity index (χ4v) is 6.57. The first-order valence-electron chi connectivity index (χ1n) is 9.49. The molecule has 4 rings (SSSR count). The molecular formula is C20H29FO2. The third kappa shape index (κ3) is 2.46. The van der Waals surface area contributed by atoms with E-state index in [9.17, 15) is 9.18 Å². The lowest BCUT2D eigenvalue weighted by Crippen LogP contribution is -2.48. The maximum Gasteiger partial charge on any atom is 0.302 e. The fraction of sp³-hybridized carbons (Fsp3) is 0.850. The van der Waals surface area contributed by atoms with Gasteiger partial charge >= 0.3 is 5.97 Å². The summed E-state index contributed by atoms with van der Waals surface area (Å²) in [6.45, 7) is 3.89. The first-order valence-corrected chi connectivity index (χ1v) is 9.49. The lowest BCUT2D eigenvalue weighted by Gasteiger charge is -2.53. The molecule has 0 heterocycles. The minimum atomic E-state index is -0.609. The Balaban J connectivity index is 1.57. The van der Waals surface area contributed by atoms with Gasteiger partial charge < -0.3 is 4.74 Å². The Kier molecular flexibility index (Phi) is 3.81. The van der Waals surface area contributed by atoms with Gasteiger partial charge in [-0.25, -0.2) is 4.39 Å². The van der Waals surface area contributed by atoms with Gasteiger partial charge in [-0.15, -0.1) is 0 Å². The highest BCUT2D eigenvalue weighted by atomic mass is 19.1. The molecule has 0 N–H and O–H groups in total. The number of carbonyl (C=O) groups excluding carboxylic acids is 1. The average Bonchev–Trinajstić information content (AvgIpc) is 2.83. The van der Waals surface area contributed by atoms with Crippen LogP contribution in [0.25, 0.3) is 0 Å². The lowest BCUT2D eigenvalue weighted by molar-refractivity contribution is -0.155. The summed E-state index contributed by atoms with van der Waals surface area (Å²) < 4.78 is 19.4. The minimum absolute atomic E-state index is 0.109. The number of fused-ring (bicyclic) bond motifs is 5. The van der Waals surface area contributed by atoms with Crippen LogP contribution in [-0.4, -0.2) is 18.2 Å². The maximum absolute atomic E-state index is 13.7. The standard InChI is InChI=1S/C20H29FO2/c1-12(22)23-19-8-7-18-17-5-3-13-11-14(21)4-6-15(13)16(17)9-10-20(18,19)2/h3,14-19H,4-11H2,1-2H3/t14-,15-,16?,17?,18?,19-,20-/m0/s1. The molecule has 3 saturated carbocycles. The van der Waals surface area contributed by atoms with E-state index in [0.717, 1.165) is 37.5 Å². The van der Waals surface area contributed by atoms with Gasteiger partial charge in [-0.3, -0.25) is 4.79 Å². The van der Waals surface area contributed by atoms with Crippen molar-refractivity contribution < 1.29 is 13.9 Å². The van der Waals surface area contributed by atoms with E-state index in [0.29, 0.717) is 18.3 Å². The van der Waals surface area contributed by atoms with Crippen molar-refractivity contribution >= 4 is 5.97 Å². The van der Waals surface area contributed by atoms with Crippen LogP contribution in [0.3, 0.4) is 0 Å². The molecule has 3 heteroatoms. The first kappa shape index (κ1) is 15.7. The SMILES string of the molecule is CC(=O)O[C@H]1CCC2C3CC=C4C[C@@H](F)CC[C@@H]4C3CC[C@@]21C. The second-order valence-electron chi connectivity index (χ2n) is 8.65. The zero-order chi connectivity index (χ0) is 16.2. The molecule has 4 aliphatic rings. The van der Waals surface area contributed by atoms with Gasteiger partial charge in [0.2, 0.25) is 0 Å². The number of carbonyl (C=O) groups is 1. The van der Waals surface area contributed by atoms with Crippen molar-refractivity contribution in [1.29, 1.82) is 0 Å². The second kappa shape index (κ2) is 5.60. The van der Waals surface area contributed by atoms with Crippen LogP contribution in [0.5, 0.6) is 0 Å². The predicted molar refractivity (Wildman–Crippen MR) is 87.5 cm³/mol. The van der Waals surface area contributed by atoms with Gasteiger partial charge in [-0.1, -0.05) is 18.6 Å². The first-order chi connectivity index (χ1) is 11.0. The van der Waals surface area contributed by atoms with Crippen molar-refractivity contribution in [3.63, 3.8) is 0 Å². The monoisotopic (exact) mass is 320 g/mol. The van der Waals surface area contributed by atoms with Crippen molar-refractivity contribution in [2.45, 2.75) is 77.5 Å². The molecule has 0 aliphatic heterocycles. The van der Waals surface area contributed by atoms with Gasteiger partial charge in [0.15, 0.2) is 0 Å². The highest BCUT2D eigenvalue weighted by Gasteiger charge is 2.57. The molecule has 0 amide bonds. The number of hydrogen-bond acceptors (Lipinski definition) is 2. The zero-order valence-corrected chi connectivity index (χ0v) is 14.4. The summed E-state index contributed by atoms with van der Waals surface area (Å²) in [5, 5.41) is 0. The Labute approximate surface area is 138 Å². The number of hydrogen-bond donors (Lipinski definition) is 0. The average molecular weight is 320 g/mol. The molecular weight excluding hydrogens is 291 g/mol. The van der Waals surface area contributed by atoms with Crippen molar-refractivity contribution in [3.05, 3.63) is 11.6 Å². The third-order valence-corrected chi connectivity index (χ3v) is 7.61. The summed E-state index contributed by atoms with van der Waals surface area (Å²) >= 11 is 0. The molecule has 0 saturated heterocycles. The van der Waals surface area contributed by atoms with Crippen LogP contribution in [0, 0.1) is 29.1 Å². The van der Waals surface area contributed by atoms with Crippen LogP contribution in [-0.2, 0) is 9.53 Å². The molecule has 0 aromatic heterocycles. The van der Waals surface area contributed by atoms with Crippen molar-refractivity contribution in [2.75, 3.05) is 0 Å². The number of allylic oxidation sites excluding steroid dienone is 2. The third-order valence-electron chi connectivity index (χ3n) is 7.61. The highest BCUT2D eigenvalue weighted by Crippen LogP contribution is 2.62. The highest BCUT2D eigenvalue weighted by molar-refractivity contribution is 5.66. The Morgan fingerprint density at radius 1 is 1.22 bits per heavy atom. The molecule has 0 spiro atoms. The zero-order valence-electron chi connectivity index (χ0n) is 14.4. The number of rotatable bonds is 1. The van der Waals surface area contributed by atoms with Gasteiger partial charge in [-0.05, 0) is 75.0 Å². The molecule has 128 valence electrons. The minimum Gasteiger partial charge on any atom is -0.462 e. The van der Waals surface area contributed by atoms with E-state index in [1.54, 1.807) is 0 Å². The van der Waals surface area contributed by atoms with E-state index in [2.05, 4.69) is 13.0 Å². The topological polar surface area (TPSA) is 26.3 Å². The smallest absolute Gasteiger partial charge is 0.302 e. The van der Waals surface area contributed by atoms with Gasteiger partial charge in [0.25, 0.3) is 0 Å². The van der Waals surface area contributed by atoms with Crippen LogP contribution in [0.1, 0.15) is 65.2 Å². The largest absolute Gasteiger partial charge is 0.462 e. The van der Waals surface area contributed by atoms with Gasteiger partial charge in [-0.2, -0.15) is 0 Å². The van der Waals surface area contributed by atoms with Crippen LogP contribution < -0.4 is 0 Å². The van der Waals surface area contributed by atoms with E-state index in [-0.39, 0.29) is 17.5 Å². The van der Waals surface area contributed by atoms with E-state index >= 15 is 0 Å². The quantitative estimate of drug-likeness (QED) is 0.511. The Morgan fingerprint density at radius 2 is 2.04 bits per heavy atom. The molecule has 0 radical (unpaired) electrons. The molecule has 7 atom stereocenters. The molecule has 2 nitrogen and oxygen atoms in total. The predicted octanol–water partition coefficient (Wildman–Crippen LogP) is 4.83. The molecule has 3 unspecified atom stereocenters. The number of esters is 1. The second-order valence-corrected chi connectivity index (χ2v) is 8.65.